The molecule has 0 radical (unpaired) electrons. The SMILES string of the molecule is CCCCNC(=O)Cn1cnc2scc(-c3ccc4ccccc4c3)c2c1=O. The third-order valence-corrected chi connectivity index (χ3v) is 5.67. The first-order valence-corrected chi connectivity index (χ1v) is 10.3. The molecule has 2 aromatic carbocycles. The van der Waals surface area contributed by atoms with Crippen molar-refractivity contribution in [1.29, 1.82) is 0 Å². The fraction of sp³-hybridized carbons (Fsp3) is 0.227. The highest BCUT2D eigenvalue weighted by Gasteiger charge is 2.15. The van der Waals surface area contributed by atoms with Crippen molar-refractivity contribution in [2.45, 2.75) is 26.3 Å². The zero-order chi connectivity index (χ0) is 19.5. The van der Waals surface area contributed by atoms with Gasteiger partial charge in [0.25, 0.3) is 5.56 Å². The van der Waals surface area contributed by atoms with E-state index >= 15 is 0 Å². The molecule has 0 aliphatic rings. The zero-order valence-corrected chi connectivity index (χ0v) is 16.5. The maximum Gasteiger partial charge on any atom is 0.263 e. The van der Waals surface area contributed by atoms with Crippen LogP contribution < -0.4 is 10.9 Å². The molecule has 5 nitrogen and oxygen atoms in total. The van der Waals surface area contributed by atoms with Crippen LogP contribution >= 0.6 is 11.3 Å². The molecular formula is C22H21N3O2S. The second-order valence-electron chi connectivity index (χ2n) is 6.77. The molecule has 1 amide bonds. The van der Waals surface area contributed by atoms with Gasteiger partial charge >= 0.3 is 0 Å². The third kappa shape index (κ3) is 3.55. The first-order chi connectivity index (χ1) is 13.7. The molecule has 2 heterocycles. The molecule has 142 valence electrons. The highest BCUT2D eigenvalue weighted by Crippen LogP contribution is 2.32. The molecule has 0 fully saturated rings. The summed E-state index contributed by atoms with van der Waals surface area (Å²) < 4.78 is 1.39. The standard InChI is InChI=1S/C22H21N3O2S/c1-2-3-10-23-19(26)12-25-14-24-21-20(22(25)27)18(13-28-21)17-9-8-15-6-4-5-7-16(15)11-17/h4-9,11,13-14H,2-3,10,12H2,1H3,(H,23,26). The molecule has 1 N–H and O–H groups in total. The van der Waals surface area contributed by atoms with Crippen molar-refractivity contribution in [1.82, 2.24) is 14.9 Å². The predicted octanol–water partition coefficient (Wildman–Crippen LogP) is 4.19. The molecule has 0 aliphatic heterocycles. The average Bonchev–Trinajstić information content (AvgIpc) is 3.15. The molecule has 0 aliphatic carbocycles. The summed E-state index contributed by atoms with van der Waals surface area (Å²) in [4.78, 5) is 30.3. The van der Waals surface area contributed by atoms with Gasteiger partial charge in [0, 0.05) is 17.5 Å². The number of hydrogen-bond donors (Lipinski definition) is 1. The van der Waals surface area contributed by atoms with Gasteiger partial charge in [-0.2, -0.15) is 0 Å². The number of thiophene rings is 1. The molecule has 2 aromatic heterocycles. The Kier molecular flexibility index (Phi) is 5.21. The van der Waals surface area contributed by atoms with Crippen molar-refractivity contribution in [3.05, 3.63) is 64.5 Å². The lowest BCUT2D eigenvalue weighted by Gasteiger charge is -2.07. The van der Waals surface area contributed by atoms with Crippen LogP contribution in [0.4, 0.5) is 0 Å². The number of aromatic nitrogens is 2. The van der Waals surface area contributed by atoms with Gasteiger partial charge in [0.05, 0.1) is 11.7 Å². The van der Waals surface area contributed by atoms with E-state index in [0.29, 0.717) is 16.8 Å². The fourth-order valence-corrected chi connectivity index (χ4v) is 4.17. The monoisotopic (exact) mass is 391 g/mol. The Morgan fingerprint density at radius 1 is 1.18 bits per heavy atom. The number of rotatable bonds is 6. The highest BCUT2D eigenvalue weighted by molar-refractivity contribution is 7.17. The first-order valence-electron chi connectivity index (χ1n) is 9.40. The van der Waals surface area contributed by atoms with Crippen LogP contribution in [0.15, 0.2) is 59.0 Å². The van der Waals surface area contributed by atoms with E-state index in [0.717, 1.165) is 34.7 Å². The Morgan fingerprint density at radius 2 is 2.00 bits per heavy atom. The van der Waals surface area contributed by atoms with E-state index in [9.17, 15) is 9.59 Å². The number of benzene rings is 2. The van der Waals surface area contributed by atoms with Crippen LogP contribution in [0.1, 0.15) is 19.8 Å². The number of unbranched alkanes of at least 4 members (excludes halogenated alkanes) is 1. The predicted molar refractivity (Wildman–Crippen MR) is 115 cm³/mol. The number of hydrogen-bond acceptors (Lipinski definition) is 4. The van der Waals surface area contributed by atoms with Gasteiger partial charge < -0.3 is 5.32 Å². The lowest BCUT2D eigenvalue weighted by atomic mass is 10.0. The van der Waals surface area contributed by atoms with E-state index in [1.165, 1.54) is 22.2 Å². The van der Waals surface area contributed by atoms with E-state index in [1.807, 2.05) is 23.6 Å². The zero-order valence-electron chi connectivity index (χ0n) is 15.6. The maximum absolute atomic E-state index is 13.1. The summed E-state index contributed by atoms with van der Waals surface area (Å²) in [6, 6.07) is 14.3. The summed E-state index contributed by atoms with van der Waals surface area (Å²) in [7, 11) is 0. The van der Waals surface area contributed by atoms with Gasteiger partial charge in [0.2, 0.25) is 5.91 Å². The molecule has 0 atom stereocenters. The minimum absolute atomic E-state index is 0.0154. The normalized spacial score (nSPS) is 11.2. The van der Waals surface area contributed by atoms with E-state index in [-0.39, 0.29) is 18.0 Å². The number of amides is 1. The second kappa shape index (κ2) is 7.94. The molecule has 4 aromatic rings. The number of fused-ring (bicyclic) bond motifs is 2. The number of carbonyl (C=O) groups is 1. The van der Waals surface area contributed by atoms with Crippen molar-refractivity contribution in [3.8, 4) is 11.1 Å². The Morgan fingerprint density at radius 3 is 2.82 bits per heavy atom. The Balaban J connectivity index is 1.72. The molecule has 28 heavy (non-hydrogen) atoms. The van der Waals surface area contributed by atoms with Gasteiger partial charge in [-0.3, -0.25) is 14.2 Å². The number of carbonyl (C=O) groups excluding carboxylic acids is 1. The van der Waals surface area contributed by atoms with Gasteiger partial charge in [-0.15, -0.1) is 11.3 Å². The Bertz CT molecular complexity index is 1210. The van der Waals surface area contributed by atoms with Crippen molar-refractivity contribution in [3.63, 3.8) is 0 Å². The van der Waals surface area contributed by atoms with Crippen LogP contribution in [0.5, 0.6) is 0 Å². The van der Waals surface area contributed by atoms with Crippen molar-refractivity contribution < 1.29 is 4.79 Å². The summed E-state index contributed by atoms with van der Waals surface area (Å²) in [5, 5.41) is 7.67. The third-order valence-electron chi connectivity index (χ3n) is 4.79. The average molecular weight is 391 g/mol. The molecule has 0 bridgehead atoms. The summed E-state index contributed by atoms with van der Waals surface area (Å²) in [6.45, 7) is 2.68. The van der Waals surface area contributed by atoms with Crippen LogP contribution in [-0.2, 0) is 11.3 Å². The lowest BCUT2D eigenvalue weighted by molar-refractivity contribution is -0.121. The Hall–Kier alpha value is -2.99. The Labute approximate surface area is 166 Å². The summed E-state index contributed by atoms with van der Waals surface area (Å²) in [6.07, 6.45) is 3.40. The summed E-state index contributed by atoms with van der Waals surface area (Å²) in [5.41, 5.74) is 1.66. The minimum atomic E-state index is -0.181. The summed E-state index contributed by atoms with van der Waals surface area (Å²) >= 11 is 1.45. The largest absolute Gasteiger partial charge is 0.355 e. The first kappa shape index (κ1) is 18.4. The fourth-order valence-electron chi connectivity index (χ4n) is 3.26. The van der Waals surface area contributed by atoms with Crippen LogP contribution in [0.2, 0.25) is 0 Å². The van der Waals surface area contributed by atoms with Gasteiger partial charge in [-0.25, -0.2) is 4.98 Å². The smallest absolute Gasteiger partial charge is 0.263 e. The van der Waals surface area contributed by atoms with Crippen molar-refractivity contribution in [2.75, 3.05) is 6.54 Å². The molecular weight excluding hydrogens is 370 g/mol. The van der Waals surface area contributed by atoms with Gasteiger partial charge in [0.1, 0.15) is 11.4 Å². The summed E-state index contributed by atoms with van der Waals surface area (Å²) in [5.74, 6) is -0.167. The van der Waals surface area contributed by atoms with Gasteiger partial charge in [-0.05, 0) is 28.8 Å². The second-order valence-corrected chi connectivity index (χ2v) is 7.63. The molecule has 0 unspecified atom stereocenters. The maximum atomic E-state index is 13.1. The van der Waals surface area contributed by atoms with Crippen molar-refractivity contribution in [2.24, 2.45) is 0 Å². The van der Waals surface area contributed by atoms with E-state index in [4.69, 9.17) is 0 Å². The van der Waals surface area contributed by atoms with Crippen LogP contribution in [0.3, 0.4) is 0 Å². The number of nitrogens with zero attached hydrogens (tertiary/aromatic N) is 2. The van der Waals surface area contributed by atoms with Gasteiger partial charge in [-0.1, -0.05) is 49.7 Å². The van der Waals surface area contributed by atoms with Gasteiger partial charge in [0.15, 0.2) is 0 Å². The highest BCUT2D eigenvalue weighted by atomic mass is 32.1. The molecule has 0 saturated heterocycles. The number of nitrogens with one attached hydrogen (secondary N) is 1. The van der Waals surface area contributed by atoms with Crippen molar-refractivity contribution >= 4 is 38.2 Å². The van der Waals surface area contributed by atoms with Crippen LogP contribution in [0.25, 0.3) is 32.1 Å². The molecule has 4 rings (SSSR count). The van der Waals surface area contributed by atoms with E-state index in [1.54, 1.807) is 0 Å². The molecule has 0 saturated carbocycles. The quantitative estimate of drug-likeness (QED) is 0.501. The molecule has 6 heteroatoms. The lowest BCUT2D eigenvalue weighted by Crippen LogP contribution is -2.32. The molecule has 0 spiro atoms. The van der Waals surface area contributed by atoms with Crippen LogP contribution in [0, 0.1) is 0 Å². The topological polar surface area (TPSA) is 64.0 Å². The van der Waals surface area contributed by atoms with Crippen LogP contribution in [-0.4, -0.2) is 22.0 Å². The van der Waals surface area contributed by atoms with E-state index < -0.39 is 0 Å². The minimum Gasteiger partial charge on any atom is -0.355 e. The van der Waals surface area contributed by atoms with E-state index in [2.05, 4.69) is 41.5 Å².